The van der Waals surface area contributed by atoms with Crippen LogP contribution in [-0.4, -0.2) is 29.2 Å². The molecule has 1 aliphatic heterocycles. The highest BCUT2D eigenvalue weighted by Crippen LogP contribution is 2.22. The molecule has 4 heteroatoms. The Morgan fingerprint density at radius 1 is 1.50 bits per heavy atom. The Kier molecular flexibility index (Phi) is 2.96. The standard InChI is InChI=1S/C14H19N3O/c1-9(11-5-6-18-8-11)15-12-3-4-13-14(7-12)17-10(2)16-13/h3-4,7,9,11,15H,5-6,8H2,1-2H3,(H,16,17). The summed E-state index contributed by atoms with van der Waals surface area (Å²) in [6.07, 6.45) is 1.15. The molecule has 2 N–H and O–H groups in total. The topological polar surface area (TPSA) is 49.9 Å². The minimum Gasteiger partial charge on any atom is -0.382 e. The number of benzene rings is 1. The van der Waals surface area contributed by atoms with Crippen LogP contribution in [-0.2, 0) is 4.74 Å². The van der Waals surface area contributed by atoms with E-state index in [2.05, 4.69) is 40.4 Å². The number of imidazole rings is 1. The summed E-state index contributed by atoms with van der Waals surface area (Å²) in [5.74, 6) is 1.57. The van der Waals surface area contributed by atoms with Crippen LogP contribution in [0.3, 0.4) is 0 Å². The smallest absolute Gasteiger partial charge is 0.104 e. The van der Waals surface area contributed by atoms with E-state index in [0.717, 1.165) is 42.2 Å². The van der Waals surface area contributed by atoms with Crippen LogP contribution in [0, 0.1) is 12.8 Å². The number of aromatic amines is 1. The number of H-pyrrole nitrogens is 1. The molecule has 96 valence electrons. The Hall–Kier alpha value is -1.55. The largest absolute Gasteiger partial charge is 0.382 e. The van der Waals surface area contributed by atoms with Gasteiger partial charge in [0.05, 0.1) is 17.6 Å². The zero-order chi connectivity index (χ0) is 12.5. The maximum Gasteiger partial charge on any atom is 0.104 e. The summed E-state index contributed by atoms with van der Waals surface area (Å²) < 4.78 is 5.43. The molecular formula is C14H19N3O. The van der Waals surface area contributed by atoms with Crippen LogP contribution in [0.2, 0.25) is 0 Å². The summed E-state index contributed by atoms with van der Waals surface area (Å²) in [7, 11) is 0. The van der Waals surface area contributed by atoms with Gasteiger partial charge in [-0.05, 0) is 38.5 Å². The lowest BCUT2D eigenvalue weighted by Crippen LogP contribution is -2.26. The quantitative estimate of drug-likeness (QED) is 0.874. The fourth-order valence-corrected chi connectivity index (χ4v) is 2.55. The van der Waals surface area contributed by atoms with Gasteiger partial charge in [0.1, 0.15) is 5.82 Å². The van der Waals surface area contributed by atoms with Crippen molar-refractivity contribution in [3.8, 4) is 0 Å². The number of fused-ring (bicyclic) bond motifs is 1. The lowest BCUT2D eigenvalue weighted by atomic mass is 10.0. The molecule has 1 saturated heterocycles. The number of aromatic nitrogens is 2. The van der Waals surface area contributed by atoms with Gasteiger partial charge in [0.2, 0.25) is 0 Å². The predicted octanol–water partition coefficient (Wildman–Crippen LogP) is 2.71. The Morgan fingerprint density at radius 3 is 3.17 bits per heavy atom. The number of hydrogen-bond donors (Lipinski definition) is 2. The second-order valence-electron chi connectivity index (χ2n) is 5.11. The summed E-state index contributed by atoms with van der Waals surface area (Å²) in [6, 6.07) is 6.71. The third-order valence-corrected chi connectivity index (χ3v) is 3.67. The molecule has 0 radical (unpaired) electrons. The molecule has 4 nitrogen and oxygen atoms in total. The predicted molar refractivity (Wildman–Crippen MR) is 72.8 cm³/mol. The monoisotopic (exact) mass is 245 g/mol. The van der Waals surface area contributed by atoms with Crippen molar-refractivity contribution in [1.29, 1.82) is 0 Å². The minimum atomic E-state index is 0.439. The lowest BCUT2D eigenvalue weighted by molar-refractivity contribution is 0.183. The van der Waals surface area contributed by atoms with Crippen molar-refractivity contribution in [2.24, 2.45) is 5.92 Å². The minimum absolute atomic E-state index is 0.439. The Labute approximate surface area is 107 Å². The number of hydrogen-bond acceptors (Lipinski definition) is 3. The van der Waals surface area contributed by atoms with Gasteiger partial charge >= 0.3 is 0 Å². The molecule has 3 rings (SSSR count). The fourth-order valence-electron chi connectivity index (χ4n) is 2.55. The summed E-state index contributed by atoms with van der Waals surface area (Å²) >= 11 is 0. The summed E-state index contributed by atoms with van der Waals surface area (Å²) in [5.41, 5.74) is 3.26. The van der Waals surface area contributed by atoms with Crippen molar-refractivity contribution in [2.45, 2.75) is 26.3 Å². The second kappa shape index (κ2) is 4.61. The van der Waals surface area contributed by atoms with E-state index >= 15 is 0 Å². The van der Waals surface area contributed by atoms with E-state index in [4.69, 9.17) is 4.74 Å². The molecule has 0 saturated carbocycles. The van der Waals surface area contributed by atoms with Gasteiger partial charge in [0.25, 0.3) is 0 Å². The van der Waals surface area contributed by atoms with E-state index in [1.54, 1.807) is 0 Å². The van der Waals surface area contributed by atoms with Crippen molar-refractivity contribution in [3.63, 3.8) is 0 Å². The third kappa shape index (κ3) is 2.20. The van der Waals surface area contributed by atoms with Gasteiger partial charge in [-0.15, -0.1) is 0 Å². The van der Waals surface area contributed by atoms with E-state index in [1.807, 2.05) is 6.92 Å². The summed E-state index contributed by atoms with van der Waals surface area (Å²) in [5, 5.41) is 3.56. The first-order valence-corrected chi connectivity index (χ1v) is 6.53. The van der Waals surface area contributed by atoms with E-state index in [1.165, 1.54) is 0 Å². The summed E-state index contributed by atoms with van der Waals surface area (Å²) in [4.78, 5) is 7.67. The van der Waals surface area contributed by atoms with Crippen LogP contribution >= 0.6 is 0 Å². The first-order chi connectivity index (χ1) is 8.72. The van der Waals surface area contributed by atoms with Crippen LogP contribution in [0.5, 0.6) is 0 Å². The highest BCUT2D eigenvalue weighted by molar-refractivity contribution is 5.79. The zero-order valence-electron chi connectivity index (χ0n) is 10.9. The number of nitrogens with zero attached hydrogens (tertiary/aromatic N) is 1. The van der Waals surface area contributed by atoms with Gasteiger partial charge in [-0.25, -0.2) is 4.98 Å². The molecule has 1 aromatic carbocycles. The average Bonchev–Trinajstić information content (AvgIpc) is 2.95. The van der Waals surface area contributed by atoms with Gasteiger partial charge in [-0.2, -0.15) is 0 Å². The molecule has 1 fully saturated rings. The molecule has 2 heterocycles. The molecule has 18 heavy (non-hydrogen) atoms. The highest BCUT2D eigenvalue weighted by Gasteiger charge is 2.22. The lowest BCUT2D eigenvalue weighted by Gasteiger charge is -2.20. The van der Waals surface area contributed by atoms with Gasteiger partial charge < -0.3 is 15.0 Å². The maximum absolute atomic E-state index is 5.43. The van der Waals surface area contributed by atoms with Gasteiger partial charge in [-0.3, -0.25) is 0 Å². The van der Waals surface area contributed by atoms with Crippen molar-refractivity contribution in [2.75, 3.05) is 18.5 Å². The molecule has 2 unspecified atom stereocenters. The molecule has 2 aromatic rings. The SMILES string of the molecule is Cc1nc2ccc(NC(C)C3CCOC3)cc2[nH]1. The molecule has 1 aliphatic rings. The number of aryl methyl sites for hydroxylation is 1. The summed E-state index contributed by atoms with van der Waals surface area (Å²) in [6.45, 7) is 5.97. The van der Waals surface area contributed by atoms with Crippen LogP contribution in [0.25, 0.3) is 11.0 Å². The average molecular weight is 245 g/mol. The second-order valence-corrected chi connectivity index (χ2v) is 5.11. The fraction of sp³-hybridized carbons (Fsp3) is 0.500. The van der Waals surface area contributed by atoms with Crippen LogP contribution in [0.15, 0.2) is 18.2 Å². The third-order valence-electron chi connectivity index (χ3n) is 3.67. The molecule has 0 amide bonds. The zero-order valence-corrected chi connectivity index (χ0v) is 10.9. The number of anilines is 1. The highest BCUT2D eigenvalue weighted by atomic mass is 16.5. The van der Waals surface area contributed by atoms with E-state index in [9.17, 15) is 0 Å². The Bertz CT molecular complexity index is 543. The molecular weight excluding hydrogens is 226 g/mol. The normalized spacial score (nSPS) is 21.3. The molecule has 0 aliphatic carbocycles. The molecule has 1 aromatic heterocycles. The first kappa shape index (κ1) is 11.5. The first-order valence-electron chi connectivity index (χ1n) is 6.53. The van der Waals surface area contributed by atoms with E-state index < -0.39 is 0 Å². The van der Waals surface area contributed by atoms with Gasteiger partial charge in [0.15, 0.2) is 0 Å². The van der Waals surface area contributed by atoms with Crippen molar-refractivity contribution >= 4 is 16.7 Å². The van der Waals surface area contributed by atoms with Gasteiger partial charge in [0, 0.05) is 24.3 Å². The number of ether oxygens (including phenoxy) is 1. The van der Waals surface area contributed by atoms with E-state index in [0.29, 0.717) is 12.0 Å². The molecule has 0 spiro atoms. The molecule has 0 bridgehead atoms. The van der Waals surface area contributed by atoms with Crippen LogP contribution in [0.4, 0.5) is 5.69 Å². The van der Waals surface area contributed by atoms with Gasteiger partial charge in [-0.1, -0.05) is 0 Å². The van der Waals surface area contributed by atoms with Crippen molar-refractivity contribution in [1.82, 2.24) is 9.97 Å². The van der Waals surface area contributed by atoms with E-state index in [-0.39, 0.29) is 0 Å². The van der Waals surface area contributed by atoms with Crippen LogP contribution < -0.4 is 5.32 Å². The maximum atomic E-state index is 5.43. The Morgan fingerprint density at radius 2 is 2.39 bits per heavy atom. The Balaban J connectivity index is 1.77. The molecule has 2 atom stereocenters. The van der Waals surface area contributed by atoms with Crippen LogP contribution in [0.1, 0.15) is 19.2 Å². The number of rotatable bonds is 3. The van der Waals surface area contributed by atoms with Crippen molar-refractivity contribution < 1.29 is 4.74 Å². The number of nitrogens with one attached hydrogen (secondary N) is 2. The van der Waals surface area contributed by atoms with Crippen molar-refractivity contribution in [3.05, 3.63) is 24.0 Å².